The molecule has 0 unspecified atom stereocenters. The molecule has 0 nitrogen and oxygen atoms in total. The fraction of sp³-hybridized carbons (Fsp3) is 0.478. The van der Waals surface area contributed by atoms with E-state index in [1.165, 1.54) is 47.9 Å². The van der Waals surface area contributed by atoms with Gasteiger partial charge in [-0.15, -0.1) is 0 Å². The second kappa shape index (κ2) is 7.74. The lowest BCUT2D eigenvalue weighted by Crippen LogP contribution is -2.19. The zero-order chi connectivity index (χ0) is 17.1. The van der Waals surface area contributed by atoms with Gasteiger partial charge in [0.15, 0.2) is 0 Å². The third-order valence-electron chi connectivity index (χ3n) is 5.67. The van der Waals surface area contributed by atoms with Gasteiger partial charge in [-0.1, -0.05) is 73.8 Å². The Balaban J connectivity index is 1.81. The number of halogens is 1. The summed E-state index contributed by atoms with van der Waals surface area (Å²) in [5.74, 6) is 2.42. The van der Waals surface area contributed by atoms with Gasteiger partial charge in [0.2, 0.25) is 0 Å². The van der Waals surface area contributed by atoms with E-state index in [9.17, 15) is 0 Å². The van der Waals surface area contributed by atoms with Gasteiger partial charge in [0.25, 0.3) is 0 Å². The van der Waals surface area contributed by atoms with E-state index in [1.54, 1.807) is 0 Å². The van der Waals surface area contributed by atoms with E-state index >= 15 is 0 Å². The molecule has 2 aromatic carbocycles. The van der Waals surface area contributed by atoms with Crippen molar-refractivity contribution in [1.82, 2.24) is 0 Å². The minimum Gasteiger partial charge on any atom is -0.0840 e. The Morgan fingerprint density at radius 2 is 1.75 bits per heavy atom. The highest BCUT2D eigenvalue weighted by Crippen LogP contribution is 2.41. The molecule has 1 saturated carbocycles. The van der Waals surface area contributed by atoms with E-state index in [1.807, 2.05) is 0 Å². The summed E-state index contributed by atoms with van der Waals surface area (Å²) in [5, 5.41) is 0.898. The first-order valence-electron chi connectivity index (χ1n) is 9.39. The number of rotatable bonds is 4. The molecular weight excluding hydrogens is 312 g/mol. The van der Waals surface area contributed by atoms with Gasteiger partial charge in [-0.25, -0.2) is 0 Å². The Labute approximate surface area is 152 Å². The third-order valence-corrected chi connectivity index (χ3v) is 6.04. The third kappa shape index (κ3) is 4.22. The first kappa shape index (κ1) is 17.5. The molecule has 0 amide bonds. The van der Waals surface area contributed by atoms with Crippen molar-refractivity contribution in [2.45, 2.75) is 58.8 Å². The minimum atomic E-state index is 0.702. The van der Waals surface area contributed by atoms with Crippen molar-refractivity contribution in [1.29, 1.82) is 0 Å². The summed E-state index contributed by atoms with van der Waals surface area (Å²) in [4.78, 5) is 0. The molecule has 2 aromatic rings. The zero-order valence-electron chi connectivity index (χ0n) is 15.2. The molecule has 0 heterocycles. The SMILES string of the molecule is CC[C@@H]1C[C@H](C)C[C@H](c2ccc(Cl)c(Cc3ccc(C)cc3)c2)C1. The van der Waals surface area contributed by atoms with Crippen LogP contribution in [0.1, 0.15) is 67.7 Å². The van der Waals surface area contributed by atoms with Crippen LogP contribution in [0.25, 0.3) is 0 Å². The lowest BCUT2D eigenvalue weighted by molar-refractivity contribution is 0.247. The van der Waals surface area contributed by atoms with Gasteiger partial charge in [-0.2, -0.15) is 0 Å². The van der Waals surface area contributed by atoms with Crippen molar-refractivity contribution in [3.8, 4) is 0 Å². The lowest BCUT2D eigenvalue weighted by atomic mass is 9.72. The molecular formula is C23H29Cl. The monoisotopic (exact) mass is 340 g/mol. The quantitative estimate of drug-likeness (QED) is 0.553. The topological polar surface area (TPSA) is 0 Å². The molecule has 0 bridgehead atoms. The summed E-state index contributed by atoms with van der Waals surface area (Å²) >= 11 is 6.50. The number of benzene rings is 2. The van der Waals surface area contributed by atoms with Crippen LogP contribution in [0, 0.1) is 18.8 Å². The number of hydrogen-bond donors (Lipinski definition) is 0. The van der Waals surface area contributed by atoms with Crippen LogP contribution >= 0.6 is 11.6 Å². The Morgan fingerprint density at radius 3 is 2.46 bits per heavy atom. The summed E-state index contributed by atoms with van der Waals surface area (Å²) in [5.41, 5.74) is 5.40. The Bertz CT molecular complexity index is 671. The maximum Gasteiger partial charge on any atom is 0.0441 e. The highest BCUT2D eigenvalue weighted by Gasteiger charge is 2.26. The molecule has 0 radical (unpaired) electrons. The standard InChI is InChI=1S/C23H29Cl/c1-4-18-11-17(3)12-21(13-18)20-9-10-23(24)22(15-20)14-19-7-5-16(2)6-8-19/h5-10,15,17-18,21H,4,11-14H2,1-3H3/t17-,18+,21-/m0/s1. The van der Waals surface area contributed by atoms with E-state index in [0.717, 1.165) is 23.3 Å². The molecule has 3 rings (SSSR count). The van der Waals surface area contributed by atoms with Crippen molar-refractivity contribution < 1.29 is 0 Å². The van der Waals surface area contributed by atoms with Crippen molar-refractivity contribution in [2.24, 2.45) is 11.8 Å². The van der Waals surface area contributed by atoms with Gasteiger partial charge in [-0.3, -0.25) is 0 Å². The lowest BCUT2D eigenvalue weighted by Gasteiger charge is -2.33. The first-order chi connectivity index (χ1) is 11.5. The van der Waals surface area contributed by atoms with E-state index in [-0.39, 0.29) is 0 Å². The molecule has 3 atom stereocenters. The van der Waals surface area contributed by atoms with Crippen molar-refractivity contribution in [3.63, 3.8) is 0 Å². The molecule has 0 aromatic heterocycles. The Kier molecular flexibility index (Phi) is 5.66. The van der Waals surface area contributed by atoms with Crippen molar-refractivity contribution in [3.05, 3.63) is 69.7 Å². The first-order valence-corrected chi connectivity index (χ1v) is 9.76. The summed E-state index contributed by atoms with van der Waals surface area (Å²) in [7, 11) is 0. The second-order valence-electron chi connectivity index (χ2n) is 7.80. The van der Waals surface area contributed by atoms with Crippen LogP contribution in [-0.2, 0) is 6.42 Å². The molecule has 24 heavy (non-hydrogen) atoms. The van der Waals surface area contributed by atoms with E-state index in [4.69, 9.17) is 11.6 Å². The van der Waals surface area contributed by atoms with Crippen molar-refractivity contribution in [2.75, 3.05) is 0 Å². The second-order valence-corrected chi connectivity index (χ2v) is 8.20. The molecule has 0 spiro atoms. The minimum absolute atomic E-state index is 0.702. The summed E-state index contributed by atoms with van der Waals surface area (Å²) in [6, 6.07) is 15.5. The fourth-order valence-electron chi connectivity index (χ4n) is 4.26. The van der Waals surface area contributed by atoms with Crippen LogP contribution < -0.4 is 0 Å². The predicted octanol–water partition coefficient (Wildman–Crippen LogP) is 7.17. The molecule has 1 heteroatoms. The van der Waals surface area contributed by atoms with Crippen LogP contribution in [-0.4, -0.2) is 0 Å². The molecule has 1 aliphatic rings. The van der Waals surface area contributed by atoms with Gasteiger partial charge in [0.1, 0.15) is 0 Å². The molecule has 1 aliphatic carbocycles. The predicted molar refractivity (Wildman–Crippen MR) is 105 cm³/mol. The molecule has 128 valence electrons. The largest absolute Gasteiger partial charge is 0.0840 e. The summed E-state index contributed by atoms with van der Waals surface area (Å²) in [6.45, 7) is 6.88. The van der Waals surface area contributed by atoms with Crippen LogP contribution in [0.5, 0.6) is 0 Å². The average Bonchev–Trinajstić information content (AvgIpc) is 2.58. The zero-order valence-corrected chi connectivity index (χ0v) is 15.9. The van der Waals surface area contributed by atoms with E-state index in [0.29, 0.717) is 5.92 Å². The van der Waals surface area contributed by atoms with Gasteiger partial charge < -0.3 is 0 Å². The summed E-state index contributed by atoms with van der Waals surface area (Å²) < 4.78 is 0. The summed E-state index contributed by atoms with van der Waals surface area (Å²) in [6.07, 6.45) is 6.29. The van der Waals surface area contributed by atoms with Gasteiger partial charge >= 0.3 is 0 Å². The smallest absolute Gasteiger partial charge is 0.0441 e. The highest BCUT2D eigenvalue weighted by molar-refractivity contribution is 6.31. The van der Waals surface area contributed by atoms with Gasteiger partial charge in [0, 0.05) is 5.02 Å². The molecule has 0 aliphatic heterocycles. The molecule has 0 saturated heterocycles. The normalized spacial score (nSPS) is 24.1. The van der Waals surface area contributed by atoms with E-state index in [2.05, 4.69) is 63.2 Å². The highest BCUT2D eigenvalue weighted by atomic mass is 35.5. The molecule has 0 N–H and O–H groups in total. The average molecular weight is 341 g/mol. The molecule has 1 fully saturated rings. The number of hydrogen-bond acceptors (Lipinski definition) is 0. The van der Waals surface area contributed by atoms with Crippen molar-refractivity contribution >= 4 is 11.6 Å². The van der Waals surface area contributed by atoms with Crippen LogP contribution in [0.2, 0.25) is 5.02 Å². The van der Waals surface area contributed by atoms with Gasteiger partial charge in [-0.05, 0) is 73.1 Å². The van der Waals surface area contributed by atoms with Crippen LogP contribution in [0.4, 0.5) is 0 Å². The van der Waals surface area contributed by atoms with E-state index < -0.39 is 0 Å². The van der Waals surface area contributed by atoms with Crippen LogP contribution in [0.3, 0.4) is 0 Å². The fourth-order valence-corrected chi connectivity index (χ4v) is 4.45. The number of aryl methyl sites for hydroxylation is 1. The maximum absolute atomic E-state index is 6.50. The maximum atomic E-state index is 6.50. The van der Waals surface area contributed by atoms with Gasteiger partial charge in [0.05, 0.1) is 0 Å². The Hall–Kier alpha value is -1.27. The van der Waals surface area contributed by atoms with Crippen LogP contribution in [0.15, 0.2) is 42.5 Å². The Morgan fingerprint density at radius 1 is 1.00 bits per heavy atom.